The summed E-state index contributed by atoms with van der Waals surface area (Å²) in [7, 11) is 0. The van der Waals surface area contributed by atoms with Gasteiger partial charge in [-0.15, -0.1) is 0 Å². The molecule has 0 radical (unpaired) electrons. The Hall–Kier alpha value is -0.650. The Balaban J connectivity index is 1.36. The number of hydrogen-bond donors (Lipinski definition) is 0. The maximum Gasteiger partial charge on any atom is 0.320 e. The predicted octanol–water partition coefficient (Wildman–Crippen LogP) is 0.429. The zero-order valence-corrected chi connectivity index (χ0v) is 10.7. The molecule has 3 aliphatic rings. The van der Waals surface area contributed by atoms with Crippen LogP contribution in [0.1, 0.15) is 19.3 Å². The van der Waals surface area contributed by atoms with E-state index >= 15 is 0 Å². The maximum absolute atomic E-state index is 11.7. The van der Waals surface area contributed by atoms with Crippen LogP contribution >= 0.6 is 0 Å². The van der Waals surface area contributed by atoms with E-state index in [1.807, 2.05) is 0 Å². The average Bonchev–Trinajstić information content (AvgIpc) is 3.00. The lowest BCUT2D eigenvalue weighted by Gasteiger charge is -2.26. The lowest BCUT2D eigenvalue weighted by Crippen LogP contribution is -2.40. The highest BCUT2D eigenvalue weighted by molar-refractivity contribution is 5.71. The number of esters is 1. The minimum atomic E-state index is -0.111. The van der Waals surface area contributed by atoms with Gasteiger partial charge in [-0.2, -0.15) is 0 Å². The molecule has 0 saturated carbocycles. The first kappa shape index (κ1) is 12.4. The molecule has 0 aliphatic carbocycles. The lowest BCUT2D eigenvalue weighted by atomic mass is 9.90. The van der Waals surface area contributed by atoms with Crippen molar-refractivity contribution in [2.45, 2.75) is 31.5 Å². The van der Waals surface area contributed by atoms with Crippen LogP contribution < -0.4 is 0 Å². The van der Waals surface area contributed by atoms with Crippen molar-refractivity contribution >= 4 is 5.97 Å². The molecule has 5 nitrogen and oxygen atoms in total. The van der Waals surface area contributed by atoms with E-state index in [0.29, 0.717) is 44.5 Å². The first-order valence-corrected chi connectivity index (χ1v) is 6.92. The summed E-state index contributed by atoms with van der Waals surface area (Å²) in [4.78, 5) is 13.8. The first-order valence-electron chi connectivity index (χ1n) is 6.92. The summed E-state index contributed by atoms with van der Waals surface area (Å²) in [6.45, 7) is 4.01. The van der Waals surface area contributed by atoms with Crippen molar-refractivity contribution in [3.8, 4) is 0 Å². The molecule has 3 unspecified atom stereocenters. The molecule has 0 aromatic carbocycles. The van der Waals surface area contributed by atoms with E-state index in [9.17, 15) is 4.79 Å². The number of nitrogens with zero attached hydrogens (tertiary/aromatic N) is 1. The largest absolute Gasteiger partial charge is 0.464 e. The highest BCUT2D eigenvalue weighted by atomic mass is 16.5. The van der Waals surface area contributed by atoms with Gasteiger partial charge in [0.1, 0.15) is 0 Å². The van der Waals surface area contributed by atoms with Gasteiger partial charge in [0.15, 0.2) is 0 Å². The number of carbonyl (C=O) groups excluding carboxylic acids is 1. The topological polar surface area (TPSA) is 48.0 Å². The number of morpholine rings is 1. The summed E-state index contributed by atoms with van der Waals surface area (Å²) in [6, 6.07) is 0. The van der Waals surface area contributed by atoms with E-state index in [1.54, 1.807) is 0 Å². The third-order valence-corrected chi connectivity index (χ3v) is 4.15. The number of ether oxygens (including phenoxy) is 3. The third kappa shape index (κ3) is 2.84. The van der Waals surface area contributed by atoms with Crippen molar-refractivity contribution in [3.05, 3.63) is 0 Å². The van der Waals surface area contributed by atoms with E-state index in [1.165, 1.54) is 6.42 Å². The number of rotatable bonds is 4. The van der Waals surface area contributed by atoms with Crippen molar-refractivity contribution in [2.75, 3.05) is 39.5 Å². The highest BCUT2D eigenvalue weighted by Crippen LogP contribution is 2.38. The number of hydrogen-bond acceptors (Lipinski definition) is 5. The fourth-order valence-corrected chi connectivity index (χ4v) is 3.11. The zero-order chi connectivity index (χ0) is 12.4. The first-order chi connectivity index (χ1) is 8.81. The molecule has 0 N–H and O–H groups in total. The predicted molar refractivity (Wildman–Crippen MR) is 64.2 cm³/mol. The summed E-state index contributed by atoms with van der Waals surface area (Å²) >= 11 is 0. The van der Waals surface area contributed by atoms with Gasteiger partial charge in [-0.25, -0.2) is 0 Å². The minimum absolute atomic E-state index is 0.111. The van der Waals surface area contributed by atoms with Gasteiger partial charge < -0.3 is 14.2 Å². The molecule has 3 atom stereocenters. The monoisotopic (exact) mass is 255 g/mol. The second-order valence-corrected chi connectivity index (χ2v) is 5.44. The molecule has 2 bridgehead atoms. The Labute approximate surface area is 107 Å². The summed E-state index contributed by atoms with van der Waals surface area (Å²) in [5, 5.41) is 0. The maximum atomic E-state index is 11.7. The fourth-order valence-electron chi connectivity index (χ4n) is 3.11. The van der Waals surface area contributed by atoms with Crippen LogP contribution in [0.4, 0.5) is 0 Å². The molecule has 0 aromatic heterocycles. The molecule has 18 heavy (non-hydrogen) atoms. The van der Waals surface area contributed by atoms with Crippen LogP contribution in [0.2, 0.25) is 0 Å². The average molecular weight is 255 g/mol. The molecule has 3 heterocycles. The van der Waals surface area contributed by atoms with Crippen LogP contribution in [0.15, 0.2) is 0 Å². The van der Waals surface area contributed by atoms with Crippen molar-refractivity contribution in [1.29, 1.82) is 0 Å². The summed E-state index contributed by atoms with van der Waals surface area (Å²) in [6.07, 6.45) is 4.15. The van der Waals surface area contributed by atoms with Crippen LogP contribution in [-0.2, 0) is 19.0 Å². The minimum Gasteiger partial charge on any atom is -0.464 e. The smallest absolute Gasteiger partial charge is 0.320 e. The molecule has 102 valence electrons. The van der Waals surface area contributed by atoms with Crippen molar-refractivity contribution in [2.24, 2.45) is 5.92 Å². The van der Waals surface area contributed by atoms with Gasteiger partial charge in [0.25, 0.3) is 0 Å². The van der Waals surface area contributed by atoms with E-state index in [0.717, 1.165) is 25.9 Å². The van der Waals surface area contributed by atoms with E-state index in [4.69, 9.17) is 14.2 Å². The second kappa shape index (κ2) is 5.55. The SMILES string of the molecule is O=C(CN1CCOCC1)OCC1CC2CCC1O2. The summed E-state index contributed by atoms with van der Waals surface area (Å²) < 4.78 is 16.4. The van der Waals surface area contributed by atoms with Gasteiger partial charge in [0, 0.05) is 19.0 Å². The van der Waals surface area contributed by atoms with Gasteiger partial charge >= 0.3 is 5.97 Å². The van der Waals surface area contributed by atoms with Crippen LogP contribution in [0.3, 0.4) is 0 Å². The van der Waals surface area contributed by atoms with Crippen LogP contribution in [0.5, 0.6) is 0 Å². The molecule has 0 amide bonds. The standard InChI is InChI=1S/C13H21NO4/c15-13(8-14-3-5-16-6-4-14)17-9-10-7-11-1-2-12(10)18-11/h10-12H,1-9H2. The molecular formula is C13H21NO4. The third-order valence-electron chi connectivity index (χ3n) is 4.15. The summed E-state index contributed by atoms with van der Waals surface area (Å²) in [5.74, 6) is 0.317. The molecular weight excluding hydrogens is 234 g/mol. The lowest BCUT2D eigenvalue weighted by molar-refractivity contribution is -0.147. The number of carbonyl (C=O) groups is 1. The Morgan fingerprint density at radius 2 is 2.11 bits per heavy atom. The van der Waals surface area contributed by atoms with Gasteiger partial charge in [-0.1, -0.05) is 0 Å². The van der Waals surface area contributed by atoms with Crippen molar-refractivity contribution in [3.63, 3.8) is 0 Å². The Kier molecular flexibility index (Phi) is 3.82. The molecule has 3 rings (SSSR count). The van der Waals surface area contributed by atoms with Crippen molar-refractivity contribution < 1.29 is 19.0 Å². The van der Waals surface area contributed by atoms with E-state index in [-0.39, 0.29) is 5.97 Å². The summed E-state index contributed by atoms with van der Waals surface area (Å²) in [5.41, 5.74) is 0. The van der Waals surface area contributed by atoms with Crippen molar-refractivity contribution in [1.82, 2.24) is 4.90 Å². The zero-order valence-electron chi connectivity index (χ0n) is 10.7. The molecule has 5 heteroatoms. The molecule has 3 saturated heterocycles. The van der Waals surface area contributed by atoms with Crippen LogP contribution in [-0.4, -0.2) is 62.5 Å². The van der Waals surface area contributed by atoms with Crippen LogP contribution in [0, 0.1) is 5.92 Å². The highest BCUT2D eigenvalue weighted by Gasteiger charge is 2.41. The second-order valence-electron chi connectivity index (χ2n) is 5.44. The van der Waals surface area contributed by atoms with Gasteiger partial charge in [0.2, 0.25) is 0 Å². The molecule has 3 aliphatic heterocycles. The van der Waals surface area contributed by atoms with E-state index in [2.05, 4.69) is 4.90 Å². The quantitative estimate of drug-likeness (QED) is 0.682. The number of fused-ring (bicyclic) bond motifs is 2. The van der Waals surface area contributed by atoms with Crippen LogP contribution in [0.25, 0.3) is 0 Å². The van der Waals surface area contributed by atoms with Gasteiger partial charge in [-0.05, 0) is 19.3 Å². The van der Waals surface area contributed by atoms with Gasteiger partial charge in [0.05, 0.1) is 38.6 Å². The normalized spacial score (nSPS) is 35.9. The van der Waals surface area contributed by atoms with Gasteiger partial charge in [-0.3, -0.25) is 9.69 Å². The Bertz CT molecular complexity index is 303. The molecule has 0 aromatic rings. The molecule has 3 fully saturated rings. The Morgan fingerprint density at radius 1 is 1.28 bits per heavy atom. The fraction of sp³-hybridized carbons (Fsp3) is 0.923. The molecule has 0 spiro atoms. The Morgan fingerprint density at radius 3 is 2.78 bits per heavy atom. The van der Waals surface area contributed by atoms with E-state index < -0.39 is 0 Å².